The molecule has 0 aromatic carbocycles. The average molecular weight is 187 g/mol. The summed E-state index contributed by atoms with van der Waals surface area (Å²) in [6.45, 7) is 6.51. The van der Waals surface area contributed by atoms with Crippen molar-refractivity contribution in [1.29, 1.82) is 0 Å². The van der Waals surface area contributed by atoms with Crippen LogP contribution in [0.4, 0.5) is 0 Å². The van der Waals surface area contributed by atoms with Crippen LogP contribution in [-0.4, -0.2) is 29.0 Å². The molecule has 1 rings (SSSR count). The van der Waals surface area contributed by atoms with E-state index in [-0.39, 0.29) is 6.04 Å². The number of ether oxygens (including phenoxy) is 1. The molecule has 1 saturated heterocycles. The highest BCUT2D eigenvalue weighted by Gasteiger charge is 2.52. The molecule has 1 heterocycles. The van der Waals surface area contributed by atoms with Gasteiger partial charge in [-0.25, -0.2) is 0 Å². The molecule has 1 aliphatic heterocycles. The Balaban J connectivity index is 2.74. The summed E-state index contributed by atoms with van der Waals surface area (Å²) in [4.78, 5) is 0. The molecule has 78 valence electrons. The first-order valence-corrected chi connectivity index (χ1v) is 5.06. The summed E-state index contributed by atoms with van der Waals surface area (Å²) in [5.74, 6) is 0. The Morgan fingerprint density at radius 3 is 2.54 bits per heavy atom. The highest BCUT2D eigenvalue weighted by atomic mass is 16.5. The van der Waals surface area contributed by atoms with Crippen LogP contribution in [0.1, 0.15) is 40.0 Å². The topological polar surface area (TPSA) is 55.5 Å². The Morgan fingerprint density at radius 2 is 2.15 bits per heavy atom. The maximum absolute atomic E-state index is 10.4. The smallest absolute Gasteiger partial charge is 0.110 e. The van der Waals surface area contributed by atoms with Gasteiger partial charge in [-0.05, 0) is 20.3 Å². The standard InChI is InChI=1S/C10H21NO2/c1-4-5-8(11)10(12)6-7-13-9(10,2)3/h8,12H,4-7,11H2,1-3H3. The predicted molar refractivity (Wildman–Crippen MR) is 52.5 cm³/mol. The van der Waals surface area contributed by atoms with Crippen molar-refractivity contribution >= 4 is 0 Å². The van der Waals surface area contributed by atoms with Crippen LogP contribution in [0.3, 0.4) is 0 Å². The first-order valence-electron chi connectivity index (χ1n) is 5.06. The molecule has 13 heavy (non-hydrogen) atoms. The Morgan fingerprint density at radius 1 is 1.54 bits per heavy atom. The van der Waals surface area contributed by atoms with Crippen LogP contribution in [0.2, 0.25) is 0 Å². The number of nitrogens with two attached hydrogens (primary N) is 1. The molecule has 1 aliphatic rings. The molecule has 0 bridgehead atoms. The Bertz CT molecular complexity index is 182. The van der Waals surface area contributed by atoms with Crippen LogP contribution in [0, 0.1) is 0 Å². The van der Waals surface area contributed by atoms with Crippen LogP contribution >= 0.6 is 0 Å². The molecule has 3 N–H and O–H groups in total. The lowest BCUT2D eigenvalue weighted by atomic mass is 9.78. The number of rotatable bonds is 3. The van der Waals surface area contributed by atoms with Gasteiger partial charge in [0.05, 0.1) is 12.2 Å². The third-order valence-electron chi connectivity index (χ3n) is 3.20. The van der Waals surface area contributed by atoms with Gasteiger partial charge in [0.2, 0.25) is 0 Å². The lowest BCUT2D eigenvalue weighted by Crippen LogP contribution is -2.58. The minimum atomic E-state index is -0.844. The van der Waals surface area contributed by atoms with Gasteiger partial charge in [0.25, 0.3) is 0 Å². The molecule has 1 fully saturated rings. The van der Waals surface area contributed by atoms with Crippen molar-refractivity contribution in [2.24, 2.45) is 5.73 Å². The summed E-state index contributed by atoms with van der Waals surface area (Å²) in [6.07, 6.45) is 2.50. The van der Waals surface area contributed by atoms with Gasteiger partial charge in [-0.1, -0.05) is 13.3 Å². The highest BCUT2D eigenvalue weighted by Crippen LogP contribution is 2.38. The van der Waals surface area contributed by atoms with E-state index < -0.39 is 11.2 Å². The zero-order chi connectivity index (χ0) is 10.1. The molecule has 0 amide bonds. The van der Waals surface area contributed by atoms with E-state index in [4.69, 9.17) is 10.5 Å². The minimum absolute atomic E-state index is 0.171. The van der Waals surface area contributed by atoms with Crippen LogP contribution in [0.5, 0.6) is 0 Å². The van der Waals surface area contributed by atoms with Gasteiger partial charge >= 0.3 is 0 Å². The lowest BCUT2D eigenvalue weighted by molar-refractivity contribution is -0.111. The molecule has 0 spiro atoms. The van der Waals surface area contributed by atoms with E-state index in [2.05, 4.69) is 6.92 Å². The fourth-order valence-electron chi connectivity index (χ4n) is 2.07. The van der Waals surface area contributed by atoms with Crippen LogP contribution in [0.15, 0.2) is 0 Å². The van der Waals surface area contributed by atoms with Crippen molar-refractivity contribution in [3.05, 3.63) is 0 Å². The fraction of sp³-hybridized carbons (Fsp3) is 1.00. The first-order chi connectivity index (χ1) is 5.94. The van der Waals surface area contributed by atoms with E-state index in [0.29, 0.717) is 13.0 Å². The van der Waals surface area contributed by atoms with Crippen LogP contribution < -0.4 is 5.73 Å². The predicted octanol–water partition coefficient (Wildman–Crippen LogP) is 1.04. The van der Waals surface area contributed by atoms with E-state index in [1.165, 1.54) is 0 Å². The molecule has 0 aromatic rings. The third-order valence-corrected chi connectivity index (χ3v) is 3.20. The molecule has 2 atom stereocenters. The molecule has 2 unspecified atom stereocenters. The van der Waals surface area contributed by atoms with Gasteiger partial charge in [0.1, 0.15) is 5.60 Å². The Hall–Kier alpha value is -0.120. The van der Waals surface area contributed by atoms with Gasteiger partial charge in [0, 0.05) is 12.5 Å². The number of hydrogen-bond donors (Lipinski definition) is 2. The van der Waals surface area contributed by atoms with Crippen molar-refractivity contribution in [3.63, 3.8) is 0 Å². The van der Waals surface area contributed by atoms with Crippen LogP contribution in [-0.2, 0) is 4.74 Å². The van der Waals surface area contributed by atoms with Gasteiger partial charge in [-0.3, -0.25) is 0 Å². The summed E-state index contributed by atoms with van der Waals surface area (Å²) in [6, 6.07) is -0.171. The van der Waals surface area contributed by atoms with E-state index in [1.807, 2.05) is 13.8 Å². The van der Waals surface area contributed by atoms with Crippen molar-refractivity contribution in [3.8, 4) is 0 Å². The zero-order valence-corrected chi connectivity index (χ0v) is 8.84. The van der Waals surface area contributed by atoms with Crippen molar-refractivity contribution in [2.75, 3.05) is 6.61 Å². The summed E-state index contributed by atoms with van der Waals surface area (Å²) in [7, 11) is 0. The SMILES string of the molecule is CCCC(N)C1(O)CCOC1(C)C. The molecular formula is C10H21NO2. The maximum Gasteiger partial charge on any atom is 0.110 e. The second-order valence-electron chi connectivity index (χ2n) is 4.43. The van der Waals surface area contributed by atoms with E-state index >= 15 is 0 Å². The van der Waals surface area contributed by atoms with Crippen molar-refractivity contribution in [2.45, 2.75) is 57.3 Å². The second-order valence-corrected chi connectivity index (χ2v) is 4.43. The van der Waals surface area contributed by atoms with Gasteiger partial charge in [-0.15, -0.1) is 0 Å². The Labute approximate surface area is 80.3 Å². The maximum atomic E-state index is 10.4. The summed E-state index contributed by atoms with van der Waals surface area (Å²) in [5, 5.41) is 10.4. The molecule has 0 aromatic heterocycles. The van der Waals surface area contributed by atoms with Crippen molar-refractivity contribution < 1.29 is 9.84 Å². The summed E-state index contributed by atoms with van der Waals surface area (Å²) < 4.78 is 5.49. The van der Waals surface area contributed by atoms with Crippen LogP contribution in [0.25, 0.3) is 0 Å². The number of aliphatic hydroxyl groups is 1. The van der Waals surface area contributed by atoms with Crippen molar-refractivity contribution in [1.82, 2.24) is 0 Å². The van der Waals surface area contributed by atoms with E-state index in [9.17, 15) is 5.11 Å². The molecule has 3 nitrogen and oxygen atoms in total. The fourth-order valence-corrected chi connectivity index (χ4v) is 2.07. The van der Waals surface area contributed by atoms with E-state index in [1.54, 1.807) is 0 Å². The first kappa shape index (κ1) is 11.0. The molecule has 3 heteroatoms. The normalized spacial score (nSPS) is 34.8. The summed E-state index contributed by atoms with van der Waals surface area (Å²) in [5.41, 5.74) is 4.63. The van der Waals surface area contributed by atoms with Gasteiger partial charge in [0.15, 0.2) is 0 Å². The lowest BCUT2D eigenvalue weighted by Gasteiger charge is -2.39. The quantitative estimate of drug-likeness (QED) is 0.694. The molecule has 0 radical (unpaired) electrons. The minimum Gasteiger partial charge on any atom is -0.385 e. The third kappa shape index (κ3) is 1.73. The molecular weight excluding hydrogens is 166 g/mol. The zero-order valence-electron chi connectivity index (χ0n) is 8.84. The summed E-state index contributed by atoms with van der Waals surface area (Å²) >= 11 is 0. The second kappa shape index (κ2) is 3.56. The molecule has 0 aliphatic carbocycles. The molecule has 0 saturated carbocycles. The monoisotopic (exact) mass is 187 g/mol. The van der Waals surface area contributed by atoms with E-state index in [0.717, 1.165) is 12.8 Å². The average Bonchev–Trinajstić information content (AvgIpc) is 2.28. The highest BCUT2D eigenvalue weighted by molar-refractivity contribution is 5.05. The van der Waals surface area contributed by atoms with Gasteiger partial charge < -0.3 is 15.6 Å². The Kier molecular flexibility index (Phi) is 3.00. The van der Waals surface area contributed by atoms with Gasteiger partial charge in [-0.2, -0.15) is 0 Å². The number of hydrogen-bond acceptors (Lipinski definition) is 3. The largest absolute Gasteiger partial charge is 0.385 e.